The molecule has 1 heteroatoms. The van der Waals surface area contributed by atoms with Crippen molar-refractivity contribution in [2.24, 2.45) is 0 Å². The molecule has 0 amide bonds. The van der Waals surface area contributed by atoms with Crippen molar-refractivity contribution in [3.05, 3.63) is 24.3 Å². The molecule has 0 N–H and O–H groups in total. The van der Waals surface area contributed by atoms with Crippen molar-refractivity contribution in [3.63, 3.8) is 0 Å². The molecule has 0 aromatic rings. The van der Waals surface area contributed by atoms with Crippen LogP contribution >= 0.6 is 0 Å². The van der Waals surface area contributed by atoms with Crippen molar-refractivity contribution >= 4 is 0 Å². The molecule has 0 bridgehead atoms. The van der Waals surface area contributed by atoms with Gasteiger partial charge in [0.25, 0.3) is 0 Å². The van der Waals surface area contributed by atoms with Gasteiger partial charge in [0.2, 0.25) is 0 Å². The molecule has 9 heavy (non-hydrogen) atoms. The van der Waals surface area contributed by atoms with E-state index in [-0.39, 0.29) is 0 Å². The second kappa shape index (κ2) is 5.11. The highest BCUT2D eigenvalue weighted by Gasteiger charge is 1.88. The van der Waals surface area contributed by atoms with Crippen LogP contribution in [0, 0.1) is 11.3 Å². The lowest BCUT2D eigenvalue weighted by atomic mass is 10.1. The van der Waals surface area contributed by atoms with Gasteiger partial charge in [0, 0.05) is 5.57 Å². The fraction of sp³-hybridized carbons (Fsp3) is 0.375. The average Bonchev–Trinajstić information content (AvgIpc) is 1.88. The van der Waals surface area contributed by atoms with Crippen LogP contribution in [0.4, 0.5) is 0 Å². The van der Waals surface area contributed by atoms with Gasteiger partial charge in [0.15, 0.2) is 0 Å². The number of hydrogen-bond donors (Lipinski definition) is 0. The van der Waals surface area contributed by atoms with E-state index >= 15 is 0 Å². The molecule has 0 heterocycles. The van der Waals surface area contributed by atoms with E-state index in [4.69, 9.17) is 5.26 Å². The molecule has 0 unspecified atom stereocenters. The SMILES string of the molecule is C=C/C=C(\C#N)CCC. The molecule has 48 valence electrons. The minimum atomic E-state index is 0.813. The average molecular weight is 121 g/mol. The zero-order valence-corrected chi connectivity index (χ0v) is 5.72. The smallest absolute Gasteiger partial charge is 0.0947 e. The number of hydrogen-bond acceptors (Lipinski definition) is 1. The van der Waals surface area contributed by atoms with E-state index in [0.29, 0.717) is 0 Å². The molecular weight excluding hydrogens is 110 g/mol. The molecular formula is C8H11N. The zero-order valence-electron chi connectivity index (χ0n) is 5.72. The van der Waals surface area contributed by atoms with E-state index in [1.165, 1.54) is 0 Å². The van der Waals surface area contributed by atoms with Gasteiger partial charge in [-0.25, -0.2) is 0 Å². The normalized spacial score (nSPS) is 10.4. The largest absolute Gasteiger partial charge is 0.193 e. The second-order valence-electron chi connectivity index (χ2n) is 1.79. The number of rotatable bonds is 3. The topological polar surface area (TPSA) is 23.8 Å². The Morgan fingerprint density at radius 2 is 2.44 bits per heavy atom. The van der Waals surface area contributed by atoms with Crippen LogP contribution in [0.5, 0.6) is 0 Å². The van der Waals surface area contributed by atoms with Crippen LogP contribution in [-0.2, 0) is 0 Å². The fourth-order valence-electron chi connectivity index (χ4n) is 0.588. The molecule has 0 fully saturated rings. The third-order valence-electron chi connectivity index (χ3n) is 0.982. The molecule has 0 radical (unpaired) electrons. The van der Waals surface area contributed by atoms with Gasteiger partial charge in [-0.2, -0.15) is 5.26 Å². The van der Waals surface area contributed by atoms with Crippen LogP contribution in [-0.4, -0.2) is 0 Å². The highest BCUT2D eigenvalue weighted by Crippen LogP contribution is 2.01. The van der Waals surface area contributed by atoms with Gasteiger partial charge in [0.05, 0.1) is 6.07 Å². The van der Waals surface area contributed by atoms with Gasteiger partial charge in [-0.3, -0.25) is 0 Å². The lowest BCUT2D eigenvalue weighted by molar-refractivity contribution is 0.929. The minimum absolute atomic E-state index is 0.813. The molecule has 0 aliphatic carbocycles. The summed E-state index contributed by atoms with van der Waals surface area (Å²) in [7, 11) is 0. The van der Waals surface area contributed by atoms with E-state index in [0.717, 1.165) is 18.4 Å². The predicted octanol–water partition coefficient (Wildman–Crippen LogP) is 2.42. The van der Waals surface area contributed by atoms with E-state index in [9.17, 15) is 0 Å². The molecule has 0 aromatic heterocycles. The van der Waals surface area contributed by atoms with Crippen LogP contribution in [0.15, 0.2) is 24.3 Å². The molecule has 1 nitrogen and oxygen atoms in total. The zero-order chi connectivity index (χ0) is 7.11. The number of nitrogens with zero attached hydrogens (tertiary/aromatic N) is 1. The Morgan fingerprint density at radius 1 is 1.78 bits per heavy atom. The monoisotopic (exact) mass is 121 g/mol. The summed E-state index contributed by atoms with van der Waals surface area (Å²) in [5.41, 5.74) is 0.813. The summed E-state index contributed by atoms with van der Waals surface area (Å²) < 4.78 is 0. The molecule has 0 spiro atoms. The Kier molecular flexibility index (Phi) is 4.53. The van der Waals surface area contributed by atoms with Gasteiger partial charge in [-0.15, -0.1) is 0 Å². The first-order chi connectivity index (χ1) is 4.35. The summed E-state index contributed by atoms with van der Waals surface area (Å²) in [6.45, 7) is 5.55. The molecule has 0 aliphatic rings. The van der Waals surface area contributed by atoms with Crippen molar-refractivity contribution in [1.29, 1.82) is 5.26 Å². The summed E-state index contributed by atoms with van der Waals surface area (Å²) in [5.74, 6) is 0. The van der Waals surface area contributed by atoms with Gasteiger partial charge in [0.1, 0.15) is 0 Å². The quantitative estimate of drug-likeness (QED) is 0.415. The second-order valence-corrected chi connectivity index (χ2v) is 1.79. The third kappa shape index (κ3) is 3.54. The predicted molar refractivity (Wildman–Crippen MR) is 38.8 cm³/mol. The summed E-state index contributed by atoms with van der Waals surface area (Å²) >= 11 is 0. The van der Waals surface area contributed by atoms with Crippen molar-refractivity contribution < 1.29 is 0 Å². The maximum absolute atomic E-state index is 8.42. The van der Waals surface area contributed by atoms with Crippen molar-refractivity contribution in [3.8, 4) is 6.07 Å². The van der Waals surface area contributed by atoms with Gasteiger partial charge < -0.3 is 0 Å². The third-order valence-corrected chi connectivity index (χ3v) is 0.982. The molecule has 0 atom stereocenters. The first-order valence-corrected chi connectivity index (χ1v) is 3.06. The lowest BCUT2D eigenvalue weighted by Crippen LogP contribution is -1.74. The van der Waals surface area contributed by atoms with Crippen molar-refractivity contribution in [2.45, 2.75) is 19.8 Å². The number of nitriles is 1. The standard InChI is InChI=1S/C8H11N/c1-3-5-8(7-9)6-4-2/h3,5H,1,4,6H2,2H3/b8-5-. The van der Waals surface area contributed by atoms with Crippen LogP contribution < -0.4 is 0 Å². The maximum atomic E-state index is 8.42. The summed E-state index contributed by atoms with van der Waals surface area (Å²) in [4.78, 5) is 0. The van der Waals surface area contributed by atoms with Crippen molar-refractivity contribution in [2.75, 3.05) is 0 Å². The highest BCUT2D eigenvalue weighted by atomic mass is 14.2. The van der Waals surface area contributed by atoms with E-state index in [2.05, 4.69) is 12.6 Å². The summed E-state index contributed by atoms with van der Waals surface area (Å²) in [6, 6.07) is 2.09. The van der Waals surface area contributed by atoms with E-state index < -0.39 is 0 Å². The van der Waals surface area contributed by atoms with Gasteiger partial charge >= 0.3 is 0 Å². The fourth-order valence-corrected chi connectivity index (χ4v) is 0.588. The van der Waals surface area contributed by atoms with Crippen LogP contribution in [0.25, 0.3) is 0 Å². The first kappa shape index (κ1) is 7.97. The first-order valence-electron chi connectivity index (χ1n) is 3.06. The van der Waals surface area contributed by atoms with E-state index in [1.54, 1.807) is 12.2 Å². The van der Waals surface area contributed by atoms with E-state index in [1.807, 2.05) is 6.92 Å². The molecule has 0 aliphatic heterocycles. The number of allylic oxidation sites excluding steroid dienone is 3. The Labute approximate surface area is 56.3 Å². The Hall–Kier alpha value is -1.03. The Balaban J connectivity index is 3.85. The highest BCUT2D eigenvalue weighted by molar-refractivity contribution is 5.24. The van der Waals surface area contributed by atoms with Gasteiger partial charge in [-0.05, 0) is 12.5 Å². The molecule has 0 rings (SSSR count). The lowest BCUT2D eigenvalue weighted by Gasteiger charge is -1.88. The van der Waals surface area contributed by atoms with Crippen LogP contribution in [0.3, 0.4) is 0 Å². The Bertz CT molecular complexity index is 148. The molecule has 0 saturated heterocycles. The van der Waals surface area contributed by atoms with Crippen molar-refractivity contribution in [1.82, 2.24) is 0 Å². The maximum Gasteiger partial charge on any atom is 0.0947 e. The molecule has 0 aromatic carbocycles. The molecule has 0 saturated carbocycles. The minimum Gasteiger partial charge on any atom is -0.193 e. The van der Waals surface area contributed by atoms with Crippen LogP contribution in [0.1, 0.15) is 19.8 Å². The summed E-state index contributed by atoms with van der Waals surface area (Å²) in [5, 5.41) is 8.42. The summed E-state index contributed by atoms with van der Waals surface area (Å²) in [6.07, 6.45) is 5.29. The van der Waals surface area contributed by atoms with Crippen LogP contribution in [0.2, 0.25) is 0 Å². The van der Waals surface area contributed by atoms with Gasteiger partial charge in [-0.1, -0.05) is 26.0 Å². The Morgan fingerprint density at radius 3 is 2.78 bits per heavy atom.